The van der Waals surface area contributed by atoms with Crippen LogP contribution in [-0.4, -0.2) is 33.7 Å². The fourth-order valence-electron chi connectivity index (χ4n) is 0. The summed E-state index contributed by atoms with van der Waals surface area (Å²) in [6.45, 7) is 0. The van der Waals surface area contributed by atoms with Crippen LogP contribution in [0.4, 0.5) is 0 Å². The predicted molar refractivity (Wildman–Crippen MR) is 45.3 cm³/mol. The summed E-state index contributed by atoms with van der Waals surface area (Å²) in [7, 11) is 0. The van der Waals surface area contributed by atoms with Crippen molar-refractivity contribution in [3.8, 4) is 0 Å². The Balaban J connectivity index is 0. The zero-order valence-corrected chi connectivity index (χ0v) is 3.34. The summed E-state index contributed by atoms with van der Waals surface area (Å²) in [6.07, 6.45) is 0. The first-order chi connectivity index (χ1) is 0. The van der Waals surface area contributed by atoms with Crippen molar-refractivity contribution in [1.82, 2.24) is 0 Å². The molecule has 0 radical (unpaired) electrons. The largest absolute Gasteiger partial charge is 0.0626 e. The first kappa shape index (κ1) is 162. The summed E-state index contributed by atoms with van der Waals surface area (Å²) in [6, 6.07) is 0. The van der Waals surface area contributed by atoms with Gasteiger partial charge in [0, 0.05) is 21.1 Å². The molecule has 0 N–H and O–H groups in total. The summed E-state index contributed by atoms with van der Waals surface area (Å²) in [5, 5.41) is 0. The van der Waals surface area contributed by atoms with Crippen LogP contribution in [0.1, 0.15) is 0 Å². The van der Waals surface area contributed by atoms with Gasteiger partial charge in [-0.1, -0.05) is 33.7 Å². The maximum absolute atomic E-state index is 0. The van der Waals surface area contributed by atoms with Gasteiger partial charge in [-0.05, 0) is 0 Å². The van der Waals surface area contributed by atoms with Crippen LogP contribution in [0.5, 0.6) is 0 Å². The summed E-state index contributed by atoms with van der Waals surface area (Å²) in [4.78, 5) is 0. The molecule has 38 valence electrons. The van der Waals surface area contributed by atoms with Gasteiger partial charge in [-0.25, -0.2) is 0 Å². The van der Waals surface area contributed by atoms with Crippen LogP contribution in [0.2, 0.25) is 0 Å². The second-order valence-corrected chi connectivity index (χ2v) is 0. The van der Waals surface area contributed by atoms with E-state index in [0.29, 0.717) is 0 Å². The molecule has 5 heteroatoms. The van der Waals surface area contributed by atoms with Crippen LogP contribution in [0, 0.1) is 0 Å². The molecular formula is H16B4W-4. The Morgan fingerprint density at radius 2 is 0.400 bits per heavy atom. The summed E-state index contributed by atoms with van der Waals surface area (Å²) >= 11 is 0. The molecule has 0 rings (SSSR count). The summed E-state index contributed by atoms with van der Waals surface area (Å²) in [5.74, 6) is 0. The average Bonchev–Trinajstić information content (AvgIpc) is 0. The molecule has 0 aliphatic heterocycles. The first-order valence-electron chi connectivity index (χ1n) is 0. The van der Waals surface area contributed by atoms with E-state index >= 15 is 0 Å². The molecule has 0 aromatic carbocycles. The van der Waals surface area contributed by atoms with Gasteiger partial charge in [0.1, 0.15) is 0 Å². The molecule has 0 nitrogen and oxygen atoms in total. The van der Waals surface area contributed by atoms with Crippen LogP contribution in [0.25, 0.3) is 0 Å². The Morgan fingerprint density at radius 1 is 0.400 bits per heavy atom. The predicted octanol–water partition coefficient (Wildman–Crippen LogP) is -5.81. The summed E-state index contributed by atoms with van der Waals surface area (Å²) < 4.78 is 0. The minimum atomic E-state index is 0. The fraction of sp³-hybridized carbons (Fsp3) is 0. The number of hydrogen-bond donors (Lipinski definition) is 0. The third-order valence-electron chi connectivity index (χ3n) is 0. The summed E-state index contributed by atoms with van der Waals surface area (Å²) in [5.41, 5.74) is 0. The molecule has 0 fully saturated rings. The van der Waals surface area contributed by atoms with Gasteiger partial charge in [0.15, 0.2) is 0 Å². The fourth-order valence-corrected chi connectivity index (χ4v) is 0. The van der Waals surface area contributed by atoms with Crippen LogP contribution in [-0.2, 0) is 21.1 Å². The monoisotopic (exact) mass is 244 g/mol. The molecule has 0 aromatic rings. The Labute approximate surface area is 55.0 Å². The van der Waals surface area contributed by atoms with E-state index in [1.54, 1.807) is 0 Å². The quantitative estimate of drug-likeness (QED) is 0.372. The molecule has 0 amide bonds. The third kappa shape index (κ3) is 47.8. The smallest absolute Gasteiger partial charge is 0 e. The van der Waals surface area contributed by atoms with Gasteiger partial charge < -0.3 is 0 Å². The standard InChI is InChI=1S/4BH4.W/h4*1H4;/q4*-1;. The minimum absolute atomic E-state index is 0. The zero-order chi connectivity index (χ0) is 0. The van der Waals surface area contributed by atoms with Crippen molar-refractivity contribution >= 4 is 33.7 Å². The number of hydrogen-bond acceptors (Lipinski definition) is 0. The number of rotatable bonds is 0. The Morgan fingerprint density at radius 3 is 0.400 bits per heavy atom. The molecule has 0 aromatic heterocycles. The molecule has 0 spiro atoms. The van der Waals surface area contributed by atoms with E-state index in [-0.39, 0.29) is 54.7 Å². The van der Waals surface area contributed by atoms with Gasteiger partial charge in [-0.3, -0.25) is 0 Å². The minimum Gasteiger partial charge on any atom is -0.0626 e. The van der Waals surface area contributed by atoms with E-state index in [0.717, 1.165) is 0 Å². The maximum Gasteiger partial charge on any atom is 0 e. The van der Waals surface area contributed by atoms with Crippen molar-refractivity contribution in [1.29, 1.82) is 0 Å². The van der Waals surface area contributed by atoms with E-state index in [4.69, 9.17) is 0 Å². The van der Waals surface area contributed by atoms with Gasteiger partial charge in [-0.2, -0.15) is 0 Å². The van der Waals surface area contributed by atoms with Crippen molar-refractivity contribution in [2.75, 3.05) is 0 Å². The Kier molecular flexibility index (Phi) is 2780. The first-order valence-corrected chi connectivity index (χ1v) is 0. The average molecular weight is 243 g/mol. The van der Waals surface area contributed by atoms with E-state index in [9.17, 15) is 0 Å². The van der Waals surface area contributed by atoms with Gasteiger partial charge in [-0.15, -0.1) is 0 Å². The van der Waals surface area contributed by atoms with Crippen molar-refractivity contribution in [2.24, 2.45) is 0 Å². The molecule has 0 bridgehead atoms. The van der Waals surface area contributed by atoms with Crippen molar-refractivity contribution in [3.05, 3.63) is 0 Å². The van der Waals surface area contributed by atoms with E-state index in [2.05, 4.69) is 0 Å². The van der Waals surface area contributed by atoms with Crippen LogP contribution >= 0.6 is 0 Å². The zero-order valence-electron chi connectivity index (χ0n) is 0.408. The van der Waals surface area contributed by atoms with Gasteiger partial charge in [0.2, 0.25) is 0 Å². The van der Waals surface area contributed by atoms with E-state index < -0.39 is 0 Å². The van der Waals surface area contributed by atoms with Crippen LogP contribution in [0.3, 0.4) is 0 Å². The second kappa shape index (κ2) is 85.8. The van der Waals surface area contributed by atoms with Gasteiger partial charge in [0.25, 0.3) is 0 Å². The molecule has 5 heavy (non-hydrogen) atoms. The molecule has 0 atom stereocenters. The molecular weight excluding hydrogens is 227 g/mol. The normalized spacial score (nSPS) is 0. The van der Waals surface area contributed by atoms with E-state index in [1.807, 2.05) is 0 Å². The molecule has 0 unspecified atom stereocenters. The topological polar surface area (TPSA) is 0 Å². The van der Waals surface area contributed by atoms with Gasteiger partial charge >= 0.3 is 0 Å². The molecule has 0 saturated heterocycles. The van der Waals surface area contributed by atoms with Crippen molar-refractivity contribution in [2.45, 2.75) is 0 Å². The second-order valence-electron chi connectivity index (χ2n) is 0. The third-order valence-corrected chi connectivity index (χ3v) is 0. The molecule has 0 heterocycles. The SMILES string of the molecule is [BH4-].[BH4-].[BH4-].[BH4-].[W]. The maximum atomic E-state index is 0. The van der Waals surface area contributed by atoms with Crippen molar-refractivity contribution < 1.29 is 21.1 Å². The van der Waals surface area contributed by atoms with Crippen LogP contribution < -0.4 is 0 Å². The molecule has 0 saturated carbocycles. The Hall–Kier alpha value is 0.948. The van der Waals surface area contributed by atoms with E-state index in [1.165, 1.54) is 0 Å². The van der Waals surface area contributed by atoms with Crippen LogP contribution in [0.15, 0.2) is 0 Å². The van der Waals surface area contributed by atoms with Crippen molar-refractivity contribution in [3.63, 3.8) is 0 Å². The molecule has 0 aliphatic carbocycles. The van der Waals surface area contributed by atoms with Gasteiger partial charge in [0.05, 0.1) is 0 Å². The molecule has 0 aliphatic rings. The Bertz CT molecular complexity index is 3.61.